The molecule has 2 aliphatic rings. The average Bonchev–Trinajstić information content (AvgIpc) is 3.26. The monoisotopic (exact) mass is 273 g/mol. The minimum atomic E-state index is -0.609. The van der Waals surface area contributed by atoms with Crippen LogP contribution in [-0.2, 0) is 4.79 Å². The van der Waals surface area contributed by atoms with Crippen LogP contribution in [0.25, 0.3) is 0 Å². The third-order valence-corrected chi connectivity index (χ3v) is 4.88. The van der Waals surface area contributed by atoms with Crippen molar-refractivity contribution in [3.8, 4) is 0 Å². The lowest BCUT2D eigenvalue weighted by Crippen LogP contribution is -2.30. The van der Waals surface area contributed by atoms with Gasteiger partial charge in [0.05, 0.1) is 5.92 Å². The Bertz CT molecular complexity index is 451. The first-order valence-electron chi connectivity index (χ1n) is 7.75. The summed E-state index contributed by atoms with van der Waals surface area (Å²) in [5.41, 5.74) is 1.44. The predicted octanol–water partition coefficient (Wildman–Crippen LogP) is 3.02. The highest BCUT2D eigenvalue weighted by molar-refractivity contribution is 5.69. The first-order chi connectivity index (χ1) is 9.74. The maximum absolute atomic E-state index is 10.9. The highest BCUT2D eigenvalue weighted by Crippen LogP contribution is 2.41. The van der Waals surface area contributed by atoms with E-state index in [1.807, 2.05) is 0 Å². The lowest BCUT2D eigenvalue weighted by molar-refractivity contribution is -0.143. The Morgan fingerprint density at radius 1 is 1.15 bits per heavy atom. The number of carboxylic acids is 1. The Balaban J connectivity index is 1.39. The number of aliphatic carboxylic acids is 1. The van der Waals surface area contributed by atoms with Gasteiger partial charge in [0.15, 0.2) is 0 Å². The van der Waals surface area contributed by atoms with Crippen LogP contribution in [0.15, 0.2) is 30.3 Å². The maximum Gasteiger partial charge on any atom is 0.306 e. The summed E-state index contributed by atoms with van der Waals surface area (Å²) in [5, 5.41) is 12.7. The summed E-state index contributed by atoms with van der Waals surface area (Å²) in [6.45, 7) is 1.06. The van der Waals surface area contributed by atoms with Gasteiger partial charge in [-0.15, -0.1) is 0 Å². The fourth-order valence-corrected chi connectivity index (χ4v) is 3.42. The molecule has 2 atom stereocenters. The SMILES string of the molecule is O=C(O)C1CCC(CN[C@@H]2C[C@H]2c2ccccc2)CC1. The second-order valence-electron chi connectivity index (χ2n) is 6.32. The Morgan fingerprint density at radius 2 is 1.85 bits per heavy atom. The van der Waals surface area contributed by atoms with Crippen molar-refractivity contribution >= 4 is 5.97 Å². The smallest absolute Gasteiger partial charge is 0.306 e. The minimum Gasteiger partial charge on any atom is -0.481 e. The zero-order chi connectivity index (χ0) is 13.9. The molecule has 0 radical (unpaired) electrons. The molecule has 3 rings (SSSR count). The van der Waals surface area contributed by atoms with E-state index in [9.17, 15) is 4.79 Å². The van der Waals surface area contributed by atoms with Crippen LogP contribution in [0.1, 0.15) is 43.6 Å². The molecule has 0 heterocycles. The Kier molecular flexibility index (Phi) is 4.06. The van der Waals surface area contributed by atoms with Gasteiger partial charge in [0.1, 0.15) is 0 Å². The van der Waals surface area contributed by atoms with Crippen LogP contribution in [0.3, 0.4) is 0 Å². The first kappa shape index (κ1) is 13.6. The van der Waals surface area contributed by atoms with Gasteiger partial charge in [0, 0.05) is 12.0 Å². The Labute approximate surface area is 120 Å². The van der Waals surface area contributed by atoms with Gasteiger partial charge in [-0.2, -0.15) is 0 Å². The largest absolute Gasteiger partial charge is 0.481 e. The fraction of sp³-hybridized carbons (Fsp3) is 0.588. The zero-order valence-electron chi connectivity index (χ0n) is 11.8. The van der Waals surface area contributed by atoms with Gasteiger partial charge in [-0.1, -0.05) is 30.3 Å². The number of hydrogen-bond donors (Lipinski definition) is 2. The van der Waals surface area contributed by atoms with Crippen molar-refractivity contribution in [2.24, 2.45) is 11.8 Å². The number of carbonyl (C=O) groups is 1. The normalized spacial score (nSPS) is 32.8. The van der Waals surface area contributed by atoms with Gasteiger partial charge < -0.3 is 10.4 Å². The van der Waals surface area contributed by atoms with E-state index in [1.54, 1.807) is 0 Å². The molecule has 2 saturated carbocycles. The van der Waals surface area contributed by atoms with Crippen molar-refractivity contribution in [1.82, 2.24) is 5.32 Å². The summed E-state index contributed by atoms with van der Waals surface area (Å²) >= 11 is 0. The molecule has 2 fully saturated rings. The van der Waals surface area contributed by atoms with E-state index in [1.165, 1.54) is 12.0 Å². The number of hydrogen-bond acceptors (Lipinski definition) is 2. The summed E-state index contributed by atoms with van der Waals surface area (Å²) in [5.74, 6) is 0.654. The van der Waals surface area contributed by atoms with Gasteiger partial charge in [-0.3, -0.25) is 4.79 Å². The molecule has 108 valence electrons. The highest BCUT2D eigenvalue weighted by atomic mass is 16.4. The summed E-state index contributed by atoms with van der Waals surface area (Å²) in [4.78, 5) is 10.9. The standard InChI is InChI=1S/C17H23NO2/c19-17(20)14-8-6-12(7-9-14)11-18-16-10-15(16)13-4-2-1-3-5-13/h1-5,12,14-16,18H,6-11H2,(H,19,20)/t12?,14?,15-,16+/m0/s1. The van der Waals surface area contributed by atoms with Crippen LogP contribution in [0.2, 0.25) is 0 Å². The number of rotatable bonds is 5. The number of carboxylic acid groups (broad SMARTS) is 1. The minimum absolute atomic E-state index is 0.0933. The fourth-order valence-electron chi connectivity index (χ4n) is 3.42. The van der Waals surface area contributed by atoms with E-state index in [2.05, 4.69) is 35.6 Å². The molecule has 0 aromatic heterocycles. The third-order valence-electron chi connectivity index (χ3n) is 4.88. The summed E-state index contributed by atoms with van der Waals surface area (Å²) in [6, 6.07) is 11.3. The quantitative estimate of drug-likeness (QED) is 0.867. The molecule has 0 spiro atoms. The van der Waals surface area contributed by atoms with Gasteiger partial charge in [-0.25, -0.2) is 0 Å². The molecule has 0 bridgehead atoms. The Hall–Kier alpha value is -1.35. The van der Waals surface area contributed by atoms with Crippen LogP contribution >= 0.6 is 0 Å². The molecule has 2 aliphatic carbocycles. The van der Waals surface area contributed by atoms with Crippen LogP contribution < -0.4 is 5.32 Å². The summed E-state index contributed by atoms with van der Waals surface area (Å²) in [7, 11) is 0. The van der Waals surface area contributed by atoms with E-state index in [-0.39, 0.29) is 5.92 Å². The zero-order valence-corrected chi connectivity index (χ0v) is 11.8. The third kappa shape index (κ3) is 3.21. The topological polar surface area (TPSA) is 49.3 Å². The lowest BCUT2D eigenvalue weighted by Gasteiger charge is -2.26. The first-order valence-corrected chi connectivity index (χ1v) is 7.75. The molecule has 0 amide bonds. The van der Waals surface area contributed by atoms with Gasteiger partial charge in [-0.05, 0) is 50.1 Å². The van der Waals surface area contributed by atoms with Crippen LogP contribution in [-0.4, -0.2) is 23.7 Å². The molecule has 0 saturated heterocycles. The van der Waals surface area contributed by atoms with E-state index >= 15 is 0 Å². The predicted molar refractivity (Wildman–Crippen MR) is 78.7 cm³/mol. The van der Waals surface area contributed by atoms with Crippen molar-refractivity contribution < 1.29 is 9.90 Å². The van der Waals surface area contributed by atoms with Crippen molar-refractivity contribution in [3.63, 3.8) is 0 Å². The van der Waals surface area contributed by atoms with Crippen molar-refractivity contribution in [1.29, 1.82) is 0 Å². The summed E-state index contributed by atoms with van der Waals surface area (Å²) in [6.07, 6.45) is 5.08. The van der Waals surface area contributed by atoms with E-state index in [0.29, 0.717) is 17.9 Å². The molecule has 20 heavy (non-hydrogen) atoms. The Morgan fingerprint density at radius 3 is 2.50 bits per heavy atom. The molecule has 2 N–H and O–H groups in total. The van der Waals surface area contributed by atoms with E-state index < -0.39 is 5.97 Å². The lowest BCUT2D eigenvalue weighted by atomic mass is 9.82. The second kappa shape index (κ2) is 5.96. The van der Waals surface area contributed by atoms with Gasteiger partial charge in [0.2, 0.25) is 0 Å². The van der Waals surface area contributed by atoms with Crippen molar-refractivity contribution in [2.75, 3.05) is 6.54 Å². The second-order valence-corrected chi connectivity index (χ2v) is 6.32. The molecular weight excluding hydrogens is 250 g/mol. The summed E-state index contributed by atoms with van der Waals surface area (Å²) < 4.78 is 0. The molecule has 1 aromatic rings. The molecular formula is C17H23NO2. The van der Waals surface area contributed by atoms with Crippen molar-refractivity contribution in [3.05, 3.63) is 35.9 Å². The molecule has 0 unspecified atom stereocenters. The molecule has 3 nitrogen and oxygen atoms in total. The molecule has 1 aromatic carbocycles. The van der Waals surface area contributed by atoms with Crippen molar-refractivity contribution in [2.45, 2.75) is 44.1 Å². The van der Waals surface area contributed by atoms with Crippen LogP contribution in [0, 0.1) is 11.8 Å². The number of nitrogens with one attached hydrogen (secondary N) is 1. The van der Waals surface area contributed by atoms with E-state index in [4.69, 9.17) is 5.11 Å². The van der Waals surface area contributed by atoms with E-state index in [0.717, 1.165) is 32.2 Å². The highest BCUT2D eigenvalue weighted by Gasteiger charge is 2.38. The van der Waals surface area contributed by atoms with Gasteiger partial charge in [0.25, 0.3) is 0 Å². The molecule has 3 heteroatoms. The van der Waals surface area contributed by atoms with Crippen LogP contribution in [0.5, 0.6) is 0 Å². The van der Waals surface area contributed by atoms with Crippen LogP contribution in [0.4, 0.5) is 0 Å². The maximum atomic E-state index is 10.9. The number of benzene rings is 1. The molecule has 0 aliphatic heterocycles. The van der Waals surface area contributed by atoms with Gasteiger partial charge >= 0.3 is 5.97 Å². The average molecular weight is 273 g/mol.